The van der Waals surface area contributed by atoms with Gasteiger partial charge in [0.15, 0.2) is 12.4 Å². The molecule has 10 heteroatoms. The number of ether oxygens (including phenoxy) is 2. The zero-order chi connectivity index (χ0) is 23.4. The van der Waals surface area contributed by atoms with Crippen LogP contribution in [0.1, 0.15) is 57.1 Å². The summed E-state index contributed by atoms with van der Waals surface area (Å²) in [6.07, 6.45) is 6.21. The molecular formula is C23H24N4O5S. The average Bonchev–Trinajstić information content (AvgIpc) is 3.52. The van der Waals surface area contributed by atoms with Crippen LogP contribution in [0.3, 0.4) is 0 Å². The van der Waals surface area contributed by atoms with Gasteiger partial charge in [-0.15, -0.1) is 11.3 Å². The molecule has 172 valence electrons. The van der Waals surface area contributed by atoms with Crippen LogP contribution in [0.4, 0.5) is 5.00 Å². The number of anilines is 1. The number of aromatic nitrogens is 3. The molecule has 3 aromatic rings. The molecule has 9 nitrogen and oxygen atoms in total. The Morgan fingerprint density at radius 3 is 2.73 bits per heavy atom. The predicted octanol–water partition coefficient (Wildman–Crippen LogP) is 3.35. The molecule has 1 aliphatic rings. The highest BCUT2D eigenvalue weighted by Gasteiger charge is 2.28. The minimum Gasteiger partial charge on any atom is -0.462 e. The number of amides is 1. The molecular weight excluding hydrogens is 444 g/mol. The number of nitrogens with one attached hydrogen (secondary N) is 1. The molecule has 0 atom stereocenters. The highest BCUT2D eigenvalue weighted by molar-refractivity contribution is 7.17. The summed E-state index contributed by atoms with van der Waals surface area (Å²) in [7, 11) is 0. The molecule has 0 bridgehead atoms. The molecule has 33 heavy (non-hydrogen) atoms. The fraction of sp³-hybridized carbons (Fsp3) is 0.348. The van der Waals surface area contributed by atoms with Crippen molar-refractivity contribution in [3.05, 3.63) is 57.9 Å². The third-order valence-corrected chi connectivity index (χ3v) is 6.49. The van der Waals surface area contributed by atoms with E-state index in [1.807, 2.05) is 13.0 Å². The quantitative estimate of drug-likeness (QED) is 0.505. The van der Waals surface area contributed by atoms with Crippen molar-refractivity contribution >= 4 is 34.2 Å². The number of carbonyl (C=O) groups is 3. The van der Waals surface area contributed by atoms with E-state index >= 15 is 0 Å². The van der Waals surface area contributed by atoms with Gasteiger partial charge in [0.05, 0.1) is 24.1 Å². The van der Waals surface area contributed by atoms with Crippen LogP contribution in [0.5, 0.6) is 0 Å². The van der Waals surface area contributed by atoms with Crippen LogP contribution in [0, 0.1) is 0 Å². The van der Waals surface area contributed by atoms with Gasteiger partial charge in [-0.25, -0.2) is 19.3 Å². The second-order valence-corrected chi connectivity index (χ2v) is 8.47. The third kappa shape index (κ3) is 4.65. The maximum absolute atomic E-state index is 12.7. The smallest absolute Gasteiger partial charge is 0.342 e. The standard InChI is InChI=1S/C23H24N4O5S/c1-3-16-15(12-25-27(16)18-10-5-6-11-24-18)22(29)32-13-19(28)26-21-20(23(30)31-4-2)14-8-7-9-17(14)33-21/h5-6,10-12H,3-4,7-9,13H2,1-2H3,(H,26,28). The lowest BCUT2D eigenvalue weighted by Crippen LogP contribution is -2.22. The highest BCUT2D eigenvalue weighted by atomic mass is 32.1. The number of carbonyl (C=O) groups excluding carboxylic acids is 3. The first-order chi connectivity index (χ1) is 16.0. The SMILES string of the molecule is CCOC(=O)c1c(NC(=O)COC(=O)c2cnn(-c3ccccn3)c2CC)sc2c1CCC2. The number of nitrogens with zero attached hydrogens (tertiary/aromatic N) is 3. The van der Waals surface area contributed by atoms with Crippen molar-refractivity contribution < 1.29 is 23.9 Å². The molecule has 0 radical (unpaired) electrons. The minimum atomic E-state index is -0.650. The maximum atomic E-state index is 12.7. The first-order valence-electron chi connectivity index (χ1n) is 10.8. The van der Waals surface area contributed by atoms with E-state index in [2.05, 4.69) is 15.4 Å². The fourth-order valence-corrected chi connectivity index (χ4v) is 5.14. The second-order valence-electron chi connectivity index (χ2n) is 7.36. The second kappa shape index (κ2) is 9.95. The van der Waals surface area contributed by atoms with Crippen LogP contribution in [0.2, 0.25) is 0 Å². The zero-order valence-electron chi connectivity index (χ0n) is 18.4. The number of fused-ring (bicyclic) bond motifs is 1. The van der Waals surface area contributed by atoms with Crippen molar-refractivity contribution in [2.24, 2.45) is 0 Å². The van der Waals surface area contributed by atoms with Crippen molar-refractivity contribution in [2.45, 2.75) is 39.5 Å². The molecule has 0 fully saturated rings. The first kappa shape index (κ1) is 22.7. The molecule has 0 unspecified atom stereocenters. The molecule has 1 amide bonds. The van der Waals surface area contributed by atoms with Gasteiger partial charge in [-0.2, -0.15) is 5.10 Å². The van der Waals surface area contributed by atoms with E-state index in [-0.39, 0.29) is 12.2 Å². The van der Waals surface area contributed by atoms with Crippen molar-refractivity contribution in [3.8, 4) is 5.82 Å². The van der Waals surface area contributed by atoms with Crippen LogP contribution in [0.15, 0.2) is 30.6 Å². The molecule has 3 aromatic heterocycles. The van der Waals surface area contributed by atoms with Crippen LogP contribution in [0.25, 0.3) is 5.82 Å². The zero-order valence-corrected chi connectivity index (χ0v) is 19.2. The Morgan fingerprint density at radius 1 is 1.15 bits per heavy atom. The fourth-order valence-electron chi connectivity index (χ4n) is 3.84. The summed E-state index contributed by atoms with van der Waals surface area (Å²) in [5, 5.41) is 7.41. The Hall–Kier alpha value is -3.53. The number of thiophene rings is 1. The van der Waals surface area contributed by atoms with Crippen LogP contribution in [-0.4, -0.2) is 45.8 Å². The van der Waals surface area contributed by atoms with Gasteiger partial charge in [0.2, 0.25) is 0 Å². The topological polar surface area (TPSA) is 112 Å². The minimum absolute atomic E-state index is 0.250. The van der Waals surface area contributed by atoms with Gasteiger partial charge in [-0.3, -0.25) is 4.79 Å². The normalized spacial score (nSPS) is 12.3. The Labute approximate surface area is 194 Å². The van der Waals surface area contributed by atoms with Gasteiger partial charge >= 0.3 is 11.9 Å². The van der Waals surface area contributed by atoms with E-state index in [0.29, 0.717) is 28.5 Å². The molecule has 0 saturated heterocycles. The van der Waals surface area contributed by atoms with E-state index in [4.69, 9.17) is 9.47 Å². The van der Waals surface area contributed by atoms with Crippen LogP contribution >= 0.6 is 11.3 Å². The predicted molar refractivity (Wildman–Crippen MR) is 122 cm³/mol. The van der Waals surface area contributed by atoms with Gasteiger partial charge in [-0.1, -0.05) is 13.0 Å². The Kier molecular flexibility index (Phi) is 6.83. The number of esters is 2. The summed E-state index contributed by atoms with van der Waals surface area (Å²) in [6, 6.07) is 5.41. The summed E-state index contributed by atoms with van der Waals surface area (Å²) in [4.78, 5) is 43.0. The lowest BCUT2D eigenvalue weighted by Gasteiger charge is -2.09. The van der Waals surface area contributed by atoms with Gasteiger partial charge in [0.1, 0.15) is 10.6 Å². The average molecular weight is 469 g/mol. The lowest BCUT2D eigenvalue weighted by atomic mass is 10.1. The highest BCUT2D eigenvalue weighted by Crippen LogP contribution is 2.39. The monoisotopic (exact) mass is 468 g/mol. The summed E-state index contributed by atoms with van der Waals surface area (Å²) in [5.41, 5.74) is 2.27. The number of aryl methyl sites for hydroxylation is 1. The number of hydrogen-bond acceptors (Lipinski definition) is 8. The molecule has 0 saturated carbocycles. The van der Waals surface area contributed by atoms with E-state index < -0.39 is 24.5 Å². The van der Waals surface area contributed by atoms with E-state index in [1.165, 1.54) is 17.5 Å². The Balaban J connectivity index is 1.44. The number of pyridine rings is 1. The van der Waals surface area contributed by atoms with Crippen molar-refractivity contribution in [1.29, 1.82) is 0 Å². The molecule has 1 aliphatic carbocycles. The van der Waals surface area contributed by atoms with Crippen molar-refractivity contribution in [2.75, 3.05) is 18.5 Å². The molecule has 0 aromatic carbocycles. The summed E-state index contributed by atoms with van der Waals surface area (Å²) < 4.78 is 12.0. The van der Waals surface area contributed by atoms with Crippen LogP contribution < -0.4 is 5.32 Å². The Morgan fingerprint density at radius 2 is 2.00 bits per heavy atom. The maximum Gasteiger partial charge on any atom is 0.342 e. The summed E-state index contributed by atoms with van der Waals surface area (Å²) in [6.45, 7) is 3.40. The number of rotatable bonds is 8. The molecule has 0 spiro atoms. The first-order valence-corrected chi connectivity index (χ1v) is 11.6. The van der Waals surface area contributed by atoms with Crippen LogP contribution in [-0.2, 0) is 33.5 Å². The van der Waals surface area contributed by atoms with Gasteiger partial charge in [-0.05, 0) is 50.3 Å². The third-order valence-electron chi connectivity index (χ3n) is 5.28. The summed E-state index contributed by atoms with van der Waals surface area (Å²) >= 11 is 1.38. The van der Waals surface area contributed by atoms with Crippen molar-refractivity contribution in [1.82, 2.24) is 14.8 Å². The summed E-state index contributed by atoms with van der Waals surface area (Å²) in [5.74, 6) is -1.03. The van der Waals surface area contributed by atoms with E-state index in [9.17, 15) is 14.4 Å². The molecule has 3 heterocycles. The van der Waals surface area contributed by atoms with Crippen molar-refractivity contribution in [3.63, 3.8) is 0 Å². The molecule has 0 aliphatic heterocycles. The van der Waals surface area contributed by atoms with Gasteiger partial charge in [0.25, 0.3) is 5.91 Å². The molecule has 4 rings (SSSR count). The largest absolute Gasteiger partial charge is 0.462 e. The van der Waals surface area contributed by atoms with E-state index in [1.54, 1.807) is 29.9 Å². The number of hydrogen-bond donors (Lipinski definition) is 1. The van der Waals surface area contributed by atoms with Gasteiger partial charge < -0.3 is 14.8 Å². The van der Waals surface area contributed by atoms with Gasteiger partial charge in [0, 0.05) is 11.1 Å². The Bertz CT molecular complexity index is 1190. The lowest BCUT2D eigenvalue weighted by molar-refractivity contribution is -0.119. The van der Waals surface area contributed by atoms with E-state index in [0.717, 1.165) is 29.7 Å². The molecule has 1 N–H and O–H groups in total.